The zero-order valence-electron chi connectivity index (χ0n) is 9.73. The predicted octanol–water partition coefficient (Wildman–Crippen LogP) is 4.81. The van der Waals surface area contributed by atoms with Crippen LogP contribution in [0.3, 0.4) is 0 Å². The summed E-state index contributed by atoms with van der Waals surface area (Å²) in [5.41, 5.74) is 1.04. The van der Waals surface area contributed by atoms with E-state index in [1.807, 2.05) is 6.07 Å². The number of unbranched alkanes of at least 4 members (excludes halogenated alkanes) is 4. The summed E-state index contributed by atoms with van der Waals surface area (Å²) in [7, 11) is 0. The van der Waals surface area contributed by atoms with Gasteiger partial charge in [0.1, 0.15) is 5.82 Å². The lowest BCUT2D eigenvalue weighted by molar-refractivity contribution is 0.626. The fourth-order valence-electron chi connectivity index (χ4n) is 1.58. The van der Waals surface area contributed by atoms with Gasteiger partial charge in [-0.05, 0) is 47.2 Å². The van der Waals surface area contributed by atoms with Crippen molar-refractivity contribution in [3.63, 3.8) is 0 Å². The van der Waals surface area contributed by atoms with Crippen molar-refractivity contribution in [1.29, 1.82) is 0 Å². The smallest absolute Gasteiger partial charge is 0.124 e. The molecular formula is C13H19FIN. The third kappa shape index (κ3) is 5.14. The maximum atomic E-state index is 12.8. The first-order valence-corrected chi connectivity index (χ1v) is 7.01. The van der Waals surface area contributed by atoms with Crippen LogP contribution in [0.15, 0.2) is 18.2 Å². The van der Waals surface area contributed by atoms with E-state index in [0.717, 1.165) is 15.8 Å². The Hall–Kier alpha value is -0.320. The molecule has 0 aromatic heterocycles. The molecule has 90 valence electrons. The van der Waals surface area contributed by atoms with Crippen molar-refractivity contribution in [2.24, 2.45) is 0 Å². The molecule has 0 saturated carbocycles. The van der Waals surface area contributed by atoms with Crippen molar-refractivity contribution in [2.75, 3.05) is 11.9 Å². The second kappa shape index (κ2) is 7.87. The molecule has 0 heterocycles. The minimum atomic E-state index is -0.169. The number of nitrogens with one attached hydrogen (secondary N) is 1. The summed E-state index contributed by atoms with van der Waals surface area (Å²) < 4.78 is 13.8. The lowest BCUT2D eigenvalue weighted by Crippen LogP contribution is -2.03. The van der Waals surface area contributed by atoms with Crippen LogP contribution in [0.5, 0.6) is 0 Å². The van der Waals surface area contributed by atoms with Crippen molar-refractivity contribution in [3.05, 3.63) is 27.6 Å². The van der Waals surface area contributed by atoms with Crippen molar-refractivity contribution < 1.29 is 4.39 Å². The third-order valence-electron chi connectivity index (χ3n) is 2.53. The van der Waals surface area contributed by atoms with E-state index in [1.54, 1.807) is 6.07 Å². The molecule has 0 spiro atoms. The first-order valence-electron chi connectivity index (χ1n) is 5.93. The molecule has 0 atom stereocenters. The summed E-state index contributed by atoms with van der Waals surface area (Å²) in [6.45, 7) is 3.20. The first kappa shape index (κ1) is 13.7. The van der Waals surface area contributed by atoms with E-state index >= 15 is 0 Å². The maximum absolute atomic E-state index is 12.8. The fourth-order valence-corrected chi connectivity index (χ4v) is 2.25. The fraction of sp³-hybridized carbons (Fsp3) is 0.538. The Morgan fingerprint density at radius 2 is 1.94 bits per heavy atom. The lowest BCUT2D eigenvalue weighted by atomic mass is 10.1. The molecule has 0 aliphatic carbocycles. The van der Waals surface area contributed by atoms with Gasteiger partial charge in [-0.2, -0.15) is 0 Å². The van der Waals surface area contributed by atoms with Gasteiger partial charge in [-0.25, -0.2) is 4.39 Å². The van der Waals surface area contributed by atoms with Crippen LogP contribution in [0.25, 0.3) is 0 Å². The molecule has 16 heavy (non-hydrogen) atoms. The van der Waals surface area contributed by atoms with Crippen molar-refractivity contribution in [1.82, 2.24) is 0 Å². The number of hydrogen-bond donors (Lipinski definition) is 1. The molecule has 3 heteroatoms. The molecular weight excluding hydrogens is 316 g/mol. The van der Waals surface area contributed by atoms with Gasteiger partial charge in [-0.1, -0.05) is 32.6 Å². The molecule has 0 amide bonds. The second-order valence-electron chi connectivity index (χ2n) is 3.97. The standard InChI is InChI=1S/C13H19FIN/c1-2-3-4-5-6-9-16-13-8-7-11(14)10-12(13)15/h7-8,10,16H,2-6,9H2,1H3. The Balaban J connectivity index is 2.21. The van der Waals surface area contributed by atoms with Crippen LogP contribution < -0.4 is 5.32 Å². The van der Waals surface area contributed by atoms with Crippen LogP contribution in [0, 0.1) is 9.39 Å². The van der Waals surface area contributed by atoms with Gasteiger partial charge < -0.3 is 5.32 Å². The number of rotatable bonds is 7. The monoisotopic (exact) mass is 335 g/mol. The molecule has 1 aromatic carbocycles. The predicted molar refractivity (Wildman–Crippen MR) is 76.4 cm³/mol. The maximum Gasteiger partial charge on any atom is 0.124 e. The molecule has 0 fully saturated rings. The van der Waals surface area contributed by atoms with Gasteiger partial charge in [0, 0.05) is 15.8 Å². The first-order chi connectivity index (χ1) is 7.74. The summed E-state index contributed by atoms with van der Waals surface area (Å²) >= 11 is 2.16. The molecule has 1 aromatic rings. The van der Waals surface area contributed by atoms with Gasteiger partial charge in [0.25, 0.3) is 0 Å². The minimum absolute atomic E-state index is 0.169. The number of halogens is 2. The number of hydrogen-bond acceptors (Lipinski definition) is 1. The van der Waals surface area contributed by atoms with Crippen molar-refractivity contribution >= 4 is 28.3 Å². The Bertz CT molecular complexity index is 315. The van der Waals surface area contributed by atoms with Crippen molar-refractivity contribution in [3.8, 4) is 0 Å². The Morgan fingerprint density at radius 1 is 1.19 bits per heavy atom. The van der Waals surface area contributed by atoms with E-state index in [9.17, 15) is 4.39 Å². The highest BCUT2D eigenvalue weighted by Gasteiger charge is 1.99. The molecule has 1 nitrogen and oxygen atoms in total. The van der Waals surface area contributed by atoms with Crippen LogP contribution in [0.1, 0.15) is 39.0 Å². The molecule has 0 unspecified atom stereocenters. The normalized spacial score (nSPS) is 10.4. The van der Waals surface area contributed by atoms with Gasteiger partial charge in [-0.3, -0.25) is 0 Å². The molecule has 1 rings (SSSR count). The van der Waals surface area contributed by atoms with E-state index in [2.05, 4.69) is 34.8 Å². The van der Waals surface area contributed by atoms with Gasteiger partial charge in [0.15, 0.2) is 0 Å². The molecule has 0 aliphatic heterocycles. The summed E-state index contributed by atoms with van der Waals surface area (Å²) in [6.07, 6.45) is 6.39. The third-order valence-corrected chi connectivity index (χ3v) is 3.42. The molecule has 0 radical (unpaired) electrons. The highest BCUT2D eigenvalue weighted by atomic mass is 127. The van der Waals surface area contributed by atoms with Gasteiger partial charge in [0.05, 0.1) is 0 Å². The summed E-state index contributed by atoms with van der Waals surface area (Å²) in [5, 5.41) is 3.34. The minimum Gasteiger partial charge on any atom is -0.384 e. The van der Waals surface area contributed by atoms with E-state index in [-0.39, 0.29) is 5.82 Å². The van der Waals surface area contributed by atoms with Crippen LogP contribution >= 0.6 is 22.6 Å². The Labute approximate surface area is 111 Å². The van der Waals surface area contributed by atoms with E-state index in [0.29, 0.717) is 0 Å². The highest BCUT2D eigenvalue weighted by molar-refractivity contribution is 14.1. The van der Waals surface area contributed by atoms with Crippen LogP contribution in [-0.4, -0.2) is 6.54 Å². The lowest BCUT2D eigenvalue weighted by Gasteiger charge is -2.08. The van der Waals surface area contributed by atoms with Crippen LogP contribution in [-0.2, 0) is 0 Å². The van der Waals surface area contributed by atoms with E-state index < -0.39 is 0 Å². The topological polar surface area (TPSA) is 12.0 Å². The molecule has 0 saturated heterocycles. The average Bonchev–Trinajstić information content (AvgIpc) is 2.26. The quantitative estimate of drug-likeness (QED) is 0.557. The molecule has 0 aliphatic rings. The van der Waals surface area contributed by atoms with Crippen LogP contribution in [0.4, 0.5) is 10.1 Å². The highest BCUT2D eigenvalue weighted by Crippen LogP contribution is 2.19. The van der Waals surface area contributed by atoms with Gasteiger partial charge in [-0.15, -0.1) is 0 Å². The number of benzene rings is 1. The van der Waals surface area contributed by atoms with Gasteiger partial charge >= 0.3 is 0 Å². The SMILES string of the molecule is CCCCCCCNc1ccc(F)cc1I. The zero-order chi connectivity index (χ0) is 11.8. The summed E-state index contributed by atoms with van der Waals surface area (Å²) in [4.78, 5) is 0. The molecule has 1 N–H and O–H groups in total. The summed E-state index contributed by atoms with van der Waals surface area (Å²) in [5.74, 6) is -0.169. The number of anilines is 1. The average molecular weight is 335 g/mol. The summed E-state index contributed by atoms with van der Waals surface area (Å²) in [6, 6.07) is 4.87. The molecule has 0 bridgehead atoms. The van der Waals surface area contributed by atoms with Crippen LogP contribution in [0.2, 0.25) is 0 Å². The van der Waals surface area contributed by atoms with E-state index in [4.69, 9.17) is 0 Å². The zero-order valence-corrected chi connectivity index (χ0v) is 11.9. The largest absolute Gasteiger partial charge is 0.384 e. The van der Waals surface area contributed by atoms with Crippen molar-refractivity contribution in [2.45, 2.75) is 39.0 Å². The Kier molecular flexibility index (Phi) is 6.76. The Morgan fingerprint density at radius 3 is 2.62 bits per heavy atom. The second-order valence-corrected chi connectivity index (χ2v) is 5.13. The van der Waals surface area contributed by atoms with E-state index in [1.165, 1.54) is 38.2 Å². The van der Waals surface area contributed by atoms with Gasteiger partial charge in [0.2, 0.25) is 0 Å².